The van der Waals surface area contributed by atoms with E-state index in [9.17, 15) is 4.39 Å². The van der Waals surface area contributed by atoms with Crippen LogP contribution in [0, 0.1) is 11.7 Å². The molecule has 0 spiro atoms. The van der Waals surface area contributed by atoms with Crippen LogP contribution < -0.4 is 11.3 Å². The standard InChI is InChI=1S/C13H21FN2/c1-10(2)3-8-13(16-15)9-11-4-6-12(14)7-5-11/h4-7,10,13,16H,3,8-9,15H2,1-2H3. The third-order valence-corrected chi connectivity index (χ3v) is 2.72. The van der Waals surface area contributed by atoms with Gasteiger partial charge in [-0.05, 0) is 42.9 Å². The first-order valence-electron chi connectivity index (χ1n) is 5.82. The number of nitrogens with two attached hydrogens (primary N) is 1. The second-order valence-corrected chi connectivity index (χ2v) is 4.67. The maximum Gasteiger partial charge on any atom is 0.123 e. The fourth-order valence-electron chi connectivity index (χ4n) is 1.68. The van der Waals surface area contributed by atoms with Gasteiger partial charge in [-0.25, -0.2) is 4.39 Å². The normalized spacial score (nSPS) is 13.1. The molecule has 0 aliphatic carbocycles. The number of hydrogen-bond acceptors (Lipinski definition) is 2. The second-order valence-electron chi connectivity index (χ2n) is 4.67. The third-order valence-electron chi connectivity index (χ3n) is 2.72. The van der Waals surface area contributed by atoms with Crippen molar-refractivity contribution < 1.29 is 4.39 Å². The second kappa shape index (κ2) is 6.61. The van der Waals surface area contributed by atoms with Crippen LogP contribution >= 0.6 is 0 Å². The fraction of sp³-hybridized carbons (Fsp3) is 0.538. The van der Waals surface area contributed by atoms with Gasteiger partial charge in [0, 0.05) is 6.04 Å². The molecule has 0 aliphatic rings. The van der Waals surface area contributed by atoms with Crippen molar-refractivity contribution in [3.8, 4) is 0 Å². The van der Waals surface area contributed by atoms with Crippen molar-refractivity contribution in [2.45, 2.75) is 39.2 Å². The molecule has 1 aromatic carbocycles. The molecule has 16 heavy (non-hydrogen) atoms. The Bertz CT molecular complexity index is 295. The first kappa shape index (κ1) is 13.1. The predicted molar refractivity (Wildman–Crippen MR) is 65.3 cm³/mol. The molecule has 1 aromatic rings. The van der Waals surface area contributed by atoms with E-state index in [-0.39, 0.29) is 11.9 Å². The van der Waals surface area contributed by atoms with Crippen molar-refractivity contribution in [2.75, 3.05) is 0 Å². The van der Waals surface area contributed by atoms with Gasteiger partial charge in [0.2, 0.25) is 0 Å². The number of hydrogen-bond donors (Lipinski definition) is 2. The molecule has 0 aliphatic heterocycles. The summed E-state index contributed by atoms with van der Waals surface area (Å²) in [4.78, 5) is 0. The Morgan fingerprint density at radius 1 is 1.19 bits per heavy atom. The van der Waals surface area contributed by atoms with Crippen LogP contribution in [0.1, 0.15) is 32.3 Å². The Morgan fingerprint density at radius 2 is 1.81 bits per heavy atom. The Labute approximate surface area is 97.0 Å². The Kier molecular flexibility index (Phi) is 5.43. The minimum Gasteiger partial charge on any atom is -0.271 e. The van der Waals surface area contributed by atoms with Crippen LogP contribution in [0.3, 0.4) is 0 Å². The van der Waals surface area contributed by atoms with Crippen LogP contribution in [0.15, 0.2) is 24.3 Å². The lowest BCUT2D eigenvalue weighted by Gasteiger charge is -2.17. The maximum atomic E-state index is 12.7. The molecule has 0 saturated carbocycles. The number of rotatable bonds is 6. The van der Waals surface area contributed by atoms with Crippen LogP contribution in [-0.2, 0) is 6.42 Å². The van der Waals surface area contributed by atoms with Gasteiger partial charge >= 0.3 is 0 Å². The molecule has 2 nitrogen and oxygen atoms in total. The summed E-state index contributed by atoms with van der Waals surface area (Å²) in [6.07, 6.45) is 3.05. The highest BCUT2D eigenvalue weighted by Gasteiger charge is 2.08. The van der Waals surface area contributed by atoms with E-state index in [2.05, 4.69) is 19.3 Å². The summed E-state index contributed by atoms with van der Waals surface area (Å²) in [6.45, 7) is 4.40. The zero-order chi connectivity index (χ0) is 12.0. The molecule has 0 fully saturated rings. The van der Waals surface area contributed by atoms with E-state index in [0.29, 0.717) is 5.92 Å². The topological polar surface area (TPSA) is 38.0 Å². The van der Waals surface area contributed by atoms with Gasteiger partial charge in [0.05, 0.1) is 0 Å². The van der Waals surface area contributed by atoms with E-state index < -0.39 is 0 Å². The van der Waals surface area contributed by atoms with Crippen molar-refractivity contribution in [3.05, 3.63) is 35.6 Å². The average Bonchev–Trinajstić information content (AvgIpc) is 2.26. The fourth-order valence-corrected chi connectivity index (χ4v) is 1.68. The molecular formula is C13H21FN2. The first-order valence-corrected chi connectivity index (χ1v) is 5.82. The summed E-state index contributed by atoms with van der Waals surface area (Å²) in [5.41, 5.74) is 3.95. The summed E-state index contributed by atoms with van der Waals surface area (Å²) in [7, 11) is 0. The number of benzene rings is 1. The minimum atomic E-state index is -0.191. The number of halogens is 1. The zero-order valence-electron chi connectivity index (χ0n) is 10.0. The van der Waals surface area contributed by atoms with Crippen LogP contribution in [0.5, 0.6) is 0 Å². The van der Waals surface area contributed by atoms with Gasteiger partial charge in [-0.2, -0.15) is 0 Å². The van der Waals surface area contributed by atoms with Gasteiger partial charge in [-0.3, -0.25) is 11.3 Å². The van der Waals surface area contributed by atoms with Crippen LogP contribution in [0.4, 0.5) is 4.39 Å². The summed E-state index contributed by atoms with van der Waals surface area (Å²) in [5, 5.41) is 0. The van der Waals surface area contributed by atoms with Gasteiger partial charge in [-0.1, -0.05) is 26.0 Å². The molecule has 0 radical (unpaired) electrons. The zero-order valence-corrected chi connectivity index (χ0v) is 10.0. The smallest absolute Gasteiger partial charge is 0.123 e. The molecular weight excluding hydrogens is 203 g/mol. The molecule has 0 heterocycles. The quantitative estimate of drug-likeness (QED) is 0.576. The average molecular weight is 224 g/mol. The molecule has 90 valence electrons. The van der Waals surface area contributed by atoms with Crippen molar-refractivity contribution in [1.82, 2.24) is 5.43 Å². The first-order chi connectivity index (χ1) is 7.61. The molecule has 0 saturated heterocycles. The molecule has 0 bridgehead atoms. The molecule has 0 aromatic heterocycles. The Hall–Kier alpha value is -0.930. The van der Waals surface area contributed by atoms with Crippen LogP contribution in [0.25, 0.3) is 0 Å². The van der Waals surface area contributed by atoms with Crippen molar-refractivity contribution in [3.63, 3.8) is 0 Å². The summed E-state index contributed by atoms with van der Waals surface area (Å²) >= 11 is 0. The van der Waals surface area contributed by atoms with Gasteiger partial charge in [0.1, 0.15) is 5.82 Å². The Morgan fingerprint density at radius 3 is 2.31 bits per heavy atom. The third kappa shape index (κ3) is 4.73. The van der Waals surface area contributed by atoms with E-state index in [1.807, 2.05) is 12.1 Å². The molecule has 1 rings (SSSR count). The number of hydrazine groups is 1. The number of nitrogens with one attached hydrogen (secondary N) is 1. The summed E-state index contributed by atoms with van der Waals surface area (Å²) < 4.78 is 12.7. The minimum absolute atomic E-state index is 0.191. The summed E-state index contributed by atoms with van der Waals surface area (Å²) in [5.74, 6) is 6.01. The largest absolute Gasteiger partial charge is 0.271 e. The highest BCUT2D eigenvalue weighted by molar-refractivity contribution is 5.17. The van der Waals surface area contributed by atoms with Crippen molar-refractivity contribution >= 4 is 0 Å². The lowest BCUT2D eigenvalue weighted by Crippen LogP contribution is -2.36. The van der Waals surface area contributed by atoms with Gasteiger partial charge in [-0.15, -0.1) is 0 Å². The molecule has 3 N–H and O–H groups in total. The van der Waals surface area contributed by atoms with Gasteiger partial charge < -0.3 is 0 Å². The van der Waals surface area contributed by atoms with E-state index in [0.717, 1.165) is 24.8 Å². The molecule has 0 amide bonds. The highest BCUT2D eigenvalue weighted by atomic mass is 19.1. The lowest BCUT2D eigenvalue weighted by molar-refractivity contribution is 0.434. The van der Waals surface area contributed by atoms with E-state index in [4.69, 9.17) is 5.84 Å². The van der Waals surface area contributed by atoms with E-state index in [1.54, 1.807) is 0 Å². The maximum absolute atomic E-state index is 12.7. The molecule has 1 atom stereocenters. The van der Waals surface area contributed by atoms with Crippen LogP contribution in [-0.4, -0.2) is 6.04 Å². The predicted octanol–water partition coefficient (Wildman–Crippen LogP) is 2.64. The van der Waals surface area contributed by atoms with Crippen LogP contribution in [0.2, 0.25) is 0 Å². The molecule has 3 heteroatoms. The van der Waals surface area contributed by atoms with Gasteiger partial charge in [0.25, 0.3) is 0 Å². The van der Waals surface area contributed by atoms with Crippen molar-refractivity contribution in [1.29, 1.82) is 0 Å². The van der Waals surface area contributed by atoms with Crippen molar-refractivity contribution in [2.24, 2.45) is 11.8 Å². The Balaban J connectivity index is 2.46. The monoisotopic (exact) mass is 224 g/mol. The molecule has 1 unspecified atom stereocenters. The lowest BCUT2D eigenvalue weighted by atomic mass is 9.98. The van der Waals surface area contributed by atoms with E-state index in [1.165, 1.54) is 12.1 Å². The van der Waals surface area contributed by atoms with Gasteiger partial charge in [0.15, 0.2) is 0 Å². The van der Waals surface area contributed by atoms with E-state index >= 15 is 0 Å². The summed E-state index contributed by atoms with van der Waals surface area (Å²) in [6, 6.07) is 6.88. The highest BCUT2D eigenvalue weighted by Crippen LogP contribution is 2.11. The SMILES string of the molecule is CC(C)CCC(Cc1ccc(F)cc1)NN.